The van der Waals surface area contributed by atoms with Crippen molar-refractivity contribution in [1.82, 2.24) is 0 Å². The zero-order chi connectivity index (χ0) is 29.1. The van der Waals surface area contributed by atoms with Crippen LogP contribution in [0.2, 0.25) is 0 Å². The van der Waals surface area contributed by atoms with Crippen LogP contribution in [-0.4, -0.2) is 75.1 Å². The zero-order valence-corrected chi connectivity index (χ0v) is 25.1. The number of aliphatic hydroxyl groups excluding tert-OH is 4. The lowest BCUT2D eigenvalue weighted by Crippen LogP contribution is -2.69. The first kappa shape index (κ1) is 31.6. The summed E-state index contributed by atoms with van der Waals surface area (Å²) in [6.07, 6.45) is 2.92. The van der Waals surface area contributed by atoms with Crippen LogP contribution in [0.25, 0.3) is 0 Å². The minimum atomic E-state index is -4.62. The summed E-state index contributed by atoms with van der Waals surface area (Å²) in [5, 5.41) is 55.4. The highest BCUT2D eigenvalue weighted by atomic mass is 32.3. The molecule has 0 aromatic heterocycles. The smallest absolute Gasteiger partial charge is 0.393 e. The van der Waals surface area contributed by atoms with Gasteiger partial charge >= 0.3 is 10.4 Å². The largest absolute Gasteiger partial charge is 0.397 e. The van der Waals surface area contributed by atoms with E-state index in [-0.39, 0.29) is 53.3 Å². The molecule has 0 aromatic rings. The molecule has 9 nitrogen and oxygen atoms in total. The van der Waals surface area contributed by atoms with E-state index in [9.17, 15) is 34.0 Å². The highest BCUT2D eigenvalue weighted by Crippen LogP contribution is 2.69. The van der Waals surface area contributed by atoms with Gasteiger partial charge in [-0.1, -0.05) is 41.0 Å². The maximum Gasteiger partial charge on any atom is 0.397 e. The second-order valence-electron chi connectivity index (χ2n) is 14.5. The Morgan fingerprint density at radius 2 is 1.67 bits per heavy atom. The van der Waals surface area contributed by atoms with Gasteiger partial charge in [-0.15, -0.1) is 0 Å². The molecule has 0 amide bonds. The fraction of sp³-hybridized carbons (Fsp3) is 1.00. The molecule has 0 saturated heterocycles. The highest BCUT2D eigenvalue weighted by molar-refractivity contribution is 7.80. The van der Waals surface area contributed by atoms with Gasteiger partial charge in [0.2, 0.25) is 0 Å². The van der Waals surface area contributed by atoms with E-state index >= 15 is 0 Å². The van der Waals surface area contributed by atoms with Gasteiger partial charge < -0.3 is 25.5 Å². The van der Waals surface area contributed by atoms with E-state index < -0.39 is 52.4 Å². The molecular formula is C29H52O9S. The molecule has 4 fully saturated rings. The summed E-state index contributed by atoms with van der Waals surface area (Å²) in [6, 6.07) is 0. The van der Waals surface area contributed by atoms with Gasteiger partial charge in [-0.25, -0.2) is 4.18 Å². The molecule has 0 aromatic carbocycles. The summed E-state index contributed by atoms with van der Waals surface area (Å²) < 4.78 is 35.3. The van der Waals surface area contributed by atoms with Gasteiger partial charge in [0.1, 0.15) is 0 Å². The SMILES string of the molecule is CC(C)C(CCC(C)C1C[C@H](O)C2C3C[C@@H](O)[C@@]4(O)C[C@@H](O)CC[C@]4(C)C3CC[C@]12C)C(O)COS(=O)(=O)O. The van der Waals surface area contributed by atoms with Gasteiger partial charge in [0, 0.05) is 11.8 Å². The van der Waals surface area contributed by atoms with Crippen LogP contribution in [0, 0.1) is 52.3 Å². The van der Waals surface area contributed by atoms with E-state index in [0.29, 0.717) is 32.1 Å². The molecule has 4 aliphatic rings. The highest BCUT2D eigenvalue weighted by Gasteiger charge is 2.68. The van der Waals surface area contributed by atoms with E-state index in [1.54, 1.807) is 0 Å². The van der Waals surface area contributed by atoms with Gasteiger partial charge in [-0.3, -0.25) is 4.55 Å². The molecule has 228 valence electrons. The second kappa shape index (κ2) is 11.1. The molecule has 0 bridgehead atoms. The number of rotatable bonds is 9. The van der Waals surface area contributed by atoms with Crippen molar-refractivity contribution >= 4 is 10.4 Å². The van der Waals surface area contributed by atoms with Gasteiger partial charge in [-0.05, 0) is 91.8 Å². The predicted molar refractivity (Wildman–Crippen MR) is 146 cm³/mol. The van der Waals surface area contributed by atoms with E-state index in [4.69, 9.17) is 4.55 Å². The maximum absolute atomic E-state index is 11.7. The molecule has 0 aliphatic heterocycles. The van der Waals surface area contributed by atoms with Crippen LogP contribution < -0.4 is 0 Å². The third kappa shape index (κ3) is 5.58. The van der Waals surface area contributed by atoms with Crippen LogP contribution in [0.1, 0.15) is 92.4 Å². The van der Waals surface area contributed by atoms with E-state index in [2.05, 4.69) is 25.0 Å². The summed E-state index contributed by atoms with van der Waals surface area (Å²) in [5.41, 5.74) is -1.91. The minimum Gasteiger partial charge on any atom is -0.393 e. The van der Waals surface area contributed by atoms with Crippen molar-refractivity contribution < 1.29 is 42.7 Å². The Bertz CT molecular complexity index is 974. The molecule has 4 saturated carbocycles. The third-order valence-electron chi connectivity index (χ3n) is 12.3. The van der Waals surface area contributed by atoms with Gasteiger partial charge in [0.25, 0.3) is 0 Å². The lowest BCUT2D eigenvalue weighted by molar-refractivity contribution is -0.268. The first-order valence-electron chi connectivity index (χ1n) is 15.0. The Morgan fingerprint density at radius 3 is 2.28 bits per heavy atom. The van der Waals surface area contributed by atoms with Crippen LogP contribution in [0.15, 0.2) is 0 Å². The van der Waals surface area contributed by atoms with Crippen molar-refractivity contribution in [2.75, 3.05) is 6.61 Å². The zero-order valence-electron chi connectivity index (χ0n) is 24.2. The molecule has 4 aliphatic carbocycles. The molecule has 10 heteroatoms. The Balaban J connectivity index is 1.48. The summed E-state index contributed by atoms with van der Waals surface area (Å²) in [7, 11) is -4.62. The number of aliphatic hydroxyl groups is 5. The molecule has 4 rings (SSSR count). The van der Waals surface area contributed by atoms with Crippen molar-refractivity contribution in [3.05, 3.63) is 0 Å². The van der Waals surface area contributed by atoms with Crippen LogP contribution in [0.3, 0.4) is 0 Å². The second-order valence-corrected chi connectivity index (χ2v) is 15.6. The predicted octanol–water partition coefficient (Wildman–Crippen LogP) is 2.93. The number of hydrogen-bond donors (Lipinski definition) is 6. The van der Waals surface area contributed by atoms with E-state index in [1.807, 2.05) is 13.8 Å². The molecule has 13 atom stereocenters. The van der Waals surface area contributed by atoms with Crippen LogP contribution in [-0.2, 0) is 14.6 Å². The van der Waals surface area contributed by atoms with Crippen molar-refractivity contribution in [2.45, 2.75) is 122 Å². The number of fused-ring (bicyclic) bond motifs is 5. The first-order chi connectivity index (χ1) is 17.9. The first-order valence-corrected chi connectivity index (χ1v) is 16.4. The topological polar surface area (TPSA) is 165 Å². The maximum atomic E-state index is 11.7. The van der Waals surface area contributed by atoms with Crippen LogP contribution in [0.4, 0.5) is 0 Å². The quantitative estimate of drug-likeness (QED) is 0.226. The fourth-order valence-electron chi connectivity index (χ4n) is 10.2. The lowest BCUT2D eigenvalue weighted by atomic mass is 9.42. The van der Waals surface area contributed by atoms with Crippen molar-refractivity contribution in [3.63, 3.8) is 0 Å². The van der Waals surface area contributed by atoms with Crippen molar-refractivity contribution in [3.8, 4) is 0 Å². The van der Waals surface area contributed by atoms with Crippen LogP contribution in [0.5, 0.6) is 0 Å². The lowest BCUT2D eigenvalue weighted by Gasteiger charge is -2.65. The Hall–Kier alpha value is -0.330. The molecular weight excluding hydrogens is 524 g/mol. The van der Waals surface area contributed by atoms with E-state index in [0.717, 1.165) is 19.3 Å². The molecule has 7 unspecified atom stereocenters. The molecule has 0 heterocycles. The average molecular weight is 577 g/mol. The Morgan fingerprint density at radius 1 is 1.00 bits per heavy atom. The molecule has 0 radical (unpaired) electrons. The minimum absolute atomic E-state index is 0.0289. The summed E-state index contributed by atoms with van der Waals surface area (Å²) in [5.74, 6) is 0.721. The number of hydrogen-bond acceptors (Lipinski definition) is 8. The standard InChI is InChI=1S/C29H52O9S/c1-16(2)19(24(32)15-38-39(35,36)37)7-6-17(3)22-13-23(31)26-20-12-25(33)29(34)14-18(30)8-11-28(29,5)21(20)9-10-27(22,26)4/h16-26,30-34H,6-15H2,1-5H3,(H,35,36,37)/t17?,18-,19?,20?,21?,22?,23-,24?,25+,26?,27+,28+,29-/m0/s1. The summed E-state index contributed by atoms with van der Waals surface area (Å²) in [6.45, 7) is 10.1. The Kier molecular flexibility index (Phi) is 8.96. The summed E-state index contributed by atoms with van der Waals surface area (Å²) in [4.78, 5) is 0. The van der Waals surface area contributed by atoms with E-state index in [1.165, 1.54) is 0 Å². The van der Waals surface area contributed by atoms with Gasteiger partial charge in [0.05, 0.1) is 36.6 Å². The van der Waals surface area contributed by atoms with Crippen molar-refractivity contribution in [1.29, 1.82) is 0 Å². The Labute approximate surface area is 234 Å². The average Bonchev–Trinajstić information content (AvgIpc) is 3.10. The molecule has 6 N–H and O–H groups in total. The summed E-state index contributed by atoms with van der Waals surface area (Å²) >= 11 is 0. The molecule has 0 spiro atoms. The normalized spacial score (nSPS) is 46.7. The van der Waals surface area contributed by atoms with Crippen molar-refractivity contribution in [2.24, 2.45) is 52.3 Å². The fourth-order valence-corrected chi connectivity index (χ4v) is 10.5. The van der Waals surface area contributed by atoms with Gasteiger partial charge in [-0.2, -0.15) is 8.42 Å². The van der Waals surface area contributed by atoms with Gasteiger partial charge in [0.15, 0.2) is 0 Å². The third-order valence-corrected chi connectivity index (χ3v) is 12.7. The van der Waals surface area contributed by atoms with Crippen LogP contribution >= 0.6 is 0 Å². The molecule has 39 heavy (non-hydrogen) atoms. The monoisotopic (exact) mass is 576 g/mol.